The number of β-amino-alcohol motifs (C(OH)–C–C–N with tert-alkyl or cyclic N) is 1. The van der Waals surface area contributed by atoms with E-state index in [0.29, 0.717) is 6.54 Å². The first-order valence-electron chi connectivity index (χ1n) is 8.57. The second kappa shape index (κ2) is 7.87. The smallest absolute Gasteiger partial charge is 0.410 e. The average molecular weight is 348 g/mol. The van der Waals surface area contributed by atoms with Crippen LogP contribution in [0.25, 0.3) is 0 Å². The third-order valence-electron chi connectivity index (χ3n) is 3.92. The molecule has 1 heterocycles. The number of hydrogen-bond acceptors (Lipinski definition) is 4. The van der Waals surface area contributed by atoms with Crippen LogP contribution in [0.15, 0.2) is 24.3 Å². The highest BCUT2D eigenvalue weighted by Gasteiger charge is 2.30. The lowest BCUT2D eigenvalue weighted by Crippen LogP contribution is -2.40. The maximum atomic E-state index is 12.5. The first-order chi connectivity index (χ1) is 11.6. The fourth-order valence-corrected chi connectivity index (χ4v) is 2.57. The zero-order valence-corrected chi connectivity index (χ0v) is 15.5. The number of carbonyl (C=O) groups excluding carboxylic acids is 2. The van der Waals surface area contributed by atoms with Gasteiger partial charge >= 0.3 is 6.09 Å². The van der Waals surface area contributed by atoms with Crippen LogP contribution in [-0.2, 0) is 16.1 Å². The lowest BCUT2D eigenvalue weighted by Gasteiger charge is -2.24. The molecule has 2 rings (SSSR count). The number of aliphatic hydroxyl groups is 1. The van der Waals surface area contributed by atoms with E-state index in [4.69, 9.17) is 4.74 Å². The molecular formula is C19H28N2O4. The standard InChI is InChI=1S/C19H28N2O4/c1-14-5-7-15(8-6-14)9-20-10-16(22)11-21(12-17(20)23)18(24)25-13-19(2,3)4/h5-8,16,22H,9-13H2,1-4H3. The summed E-state index contributed by atoms with van der Waals surface area (Å²) in [4.78, 5) is 27.6. The van der Waals surface area contributed by atoms with E-state index >= 15 is 0 Å². The third-order valence-corrected chi connectivity index (χ3v) is 3.92. The minimum atomic E-state index is -0.793. The van der Waals surface area contributed by atoms with Gasteiger partial charge in [-0.15, -0.1) is 0 Å². The highest BCUT2D eigenvalue weighted by atomic mass is 16.6. The minimum Gasteiger partial charge on any atom is -0.449 e. The van der Waals surface area contributed by atoms with Crippen molar-refractivity contribution in [1.82, 2.24) is 9.80 Å². The molecule has 0 saturated carbocycles. The number of nitrogens with zero attached hydrogens (tertiary/aromatic N) is 2. The Labute approximate surface area is 149 Å². The summed E-state index contributed by atoms with van der Waals surface area (Å²) in [7, 11) is 0. The summed E-state index contributed by atoms with van der Waals surface area (Å²) < 4.78 is 5.27. The minimum absolute atomic E-state index is 0.0775. The Bertz CT molecular complexity index is 607. The van der Waals surface area contributed by atoms with Crippen LogP contribution in [0.1, 0.15) is 31.9 Å². The molecule has 1 N–H and O–H groups in total. The van der Waals surface area contributed by atoms with Gasteiger partial charge in [-0.25, -0.2) is 4.79 Å². The van der Waals surface area contributed by atoms with Crippen molar-refractivity contribution in [3.63, 3.8) is 0 Å². The molecule has 1 unspecified atom stereocenters. The molecule has 1 aliphatic rings. The van der Waals surface area contributed by atoms with Gasteiger partial charge in [0.1, 0.15) is 6.54 Å². The van der Waals surface area contributed by atoms with Crippen LogP contribution in [0.4, 0.5) is 4.79 Å². The molecule has 138 valence electrons. The Morgan fingerprint density at radius 1 is 1.24 bits per heavy atom. The number of aliphatic hydroxyl groups excluding tert-OH is 1. The number of amides is 2. The summed E-state index contributed by atoms with van der Waals surface area (Å²) in [5, 5.41) is 10.2. The highest BCUT2D eigenvalue weighted by Crippen LogP contribution is 2.16. The summed E-state index contributed by atoms with van der Waals surface area (Å²) in [6.07, 6.45) is -1.35. The van der Waals surface area contributed by atoms with Crippen molar-refractivity contribution >= 4 is 12.0 Å². The van der Waals surface area contributed by atoms with Crippen molar-refractivity contribution in [3.05, 3.63) is 35.4 Å². The molecule has 1 saturated heterocycles. The molecule has 2 amide bonds. The van der Waals surface area contributed by atoms with E-state index in [-0.39, 0.29) is 37.6 Å². The molecule has 0 aliphatic carbocycles. The topological polar surface area (TPSA) is 70.1 Å². The van der Waals surface area contributed by atoms with E-state index < -0.39 is 12.2 Å². The number of aryl methyl sites for hydroxylation is 1. The molecule has 0 bridgehead atoms. The molecule has 1 atom stereocenters. The largest absolute Gasteiger partial charge is 0.449 e. The molecule has 25 heavy (non-hydrogen) atoms. The zero-order valence-electron chi connectivity index (χ0n) is 15.5. The van der Waals surface area contributed by atoms with Crippen LogP contribution in [0.3, 0.4) is 0 Å². The number of carbonyl (C=O) groups is 2. The number of rotatable bonds is 3. The molecule has 6 nitrogen and oxygen atoms in total. The Kier molecular flexibility index (Phi) is 6.06. The van der Waals surface area contributed by atoms with Gasteiger partial charge in [-0.3, -0.25) is 9.69 Å². The van der Waals surface area contributed by atoms with Crippen molar-refractivity contribution in [2.24, 2.45) is 5.41 Å². The van der Waals surface area contributed by atoms with Crippen LogP contribution in [0, 0.1) is 12.3 Å². The zero-order chi connectivity index (χ0) is 18.6. The molecule has 1 fully saturated rings. The first kappa shape index (κ1) is 19.2. The van der Waals surface area contributed by atoms with Crippen LogP contribution >= 0.6 is 0 Å². The summed E-state index contributed by atoms with van der Waals surface area (Å²) in [5.41, 5.74) is 2.00. The monoisotopic (exact) mass is 348 g/mol. The van der Waals surface area contributed by atoms with Gasteiger partial charge in [0.25, 0.3) is 0 Å². The van der Waals surface area contributed by atoms with E-state index in [1.54, 1.807) is 4.90 Å². The predicted molar refractivity (Wildman–Crippen MR) is 95.0 cm³/mol. The number of hydrogen-bond donors (Lipinski definition) is 1. The molecule has 0 aromatic heterocycles. The van der Waals surface area contributed by atoms with Gasteiger partial charge < -0.3 is 14.7 Å². The third kappa shape index (κ3) is 6.05. The molecule has 1 aromatic carbocycles. The molecule has 1 aliphatic heterocycles. The Hall–Kier alpha value is -2.08. The highest BCUT2D eigenvalue weighted by molar-refractivity contribution is 5.83. The molecular weight excluding hydrogens is 320 g/mol. The van der Waals surface area contributed by atoms with Gasteiger partial charge in [0.15, 0.2) is 0 Å². The number of benzene rings is 1. The lowest BCUT2D eigenvalue weighted by atomic mass is 9.99. The Morgan fingerprint density at radius 2 is 1.88 bits per heavy atom. The Morgan fingerprint density at radius 3 is 2.48 bits per heavy atom. The summed E-state index contributed by atoms with van der Waals surface area (Å²) in [5.74, 6) is -0.190. The van der Waals surface area contributed by atoms with Gasteiger partial charge in [-0.2, -0.15) is 0 Å². The van der Waals surface area contributed by atoms with Crippen LogP contribution in [-0.4, -0.2) is 59.3 Å². The summed E-state index contributed by atoms with van der Waals surface area (Å²) >= 11 is 0. The van der Waals surface area contributed by atoms with Gasteiger partial charge in [0, 0.05) is 13.1 Å². The summed E-state index contributed by atoms with van der Waals surface area (Å²) in [6, 6.07) is 7.92. The normalized spacial score (nSPS) is 18.9. The van der Waals surface area contributed by atoms with Crippen LogP contribution < -0.4 is 0 Å². The van der Waals surface area contributed by atoms with E-state index in [1.165, 1.54) is 4.90 Å². The lowest BCUT2D eigenvalue weighted by molar-refractivity contribution is -0.132. The first-order valence-corrected chi connectivity index (χ1v) is 8.57. The van der Waals surface area contributed by atoms with Gasteiger partial charge in [0.05, 0.1) is 19.3 Å². The Balaban J connectivity index is 2.00. The average Bonchev–Trinajstić information content (AvgIpc) is 2.65. The van der Waals surface area contributed by atoms with Crippen molar-refractivity contribution in [3.8, 4) is 0 Å². The fourth-order valence-electron chi connectivity index (χ4n) is 2.57. The fraction of sp³-hybridized carbons (Fsp3) is 0.579. The number of ether oxygens (including phenoxy) is 1. The predicted octanol–water partition coefficient (Wildman–Crippen LogP) is 2.18. The maximum absolute atomic E-state index is 12.5. The van der Waals surface area contributed by atoms with Crippen molar-refractivity contribution in [2.75, 3.05) is 26.2 Å². The van der Waals surface area contributed by atoms with E-state index in [2.05, 4.69) is 0 Å². The maximum Gasteiger partial charge on any atom is 0.410 e. The second-order valence-corrected chi connectivity index (χ2v) is 7.91. The quantitative estimate of drug-likeness (QED) is 0.909. The van der Waals surface area contributed by atoms with Gasteiger partial charge in [-0.1, -0.05) is 50.6 Å². The molecule has 1 aromatic rings. The van der Waals surface area contributed by atoms with E-state index in [0.717, 1.165) is 11.1 Å². The van der Waals surface area contributed by atoms with Crippen molar-refractivity contribution in [2.45, 2.75) is 40.3 Å². The van der Waals surface area contributed by atoms with Gasteiger partial charge in [-0.05, 0) is 17.9 Å². The van der Waals surface area contributed by atoms with Gasteiger partial charge in [0.2, 0.25) is 5.91 Å². The molecule has 0 spiro atoms. The van der Waals surface area contributed by atoms with Crippen molar-refractivity contribution in [1.29, 1.82) is 0 Å². The van der Waals surface area contributed by atoms with Crippen LogP contribution in [0.2, 0.25) is 0 Å². The van der Waals surface area contributed by atoms with Crippen molar-refractivity contribution < 1.29 is 19.4 Å². The SMILES string of the molecule is Cc1ccc(CN2CC(O)CN(C(=O)OCC(C)(C)C)CC2=O)cc1. The summed E-state index contributed by atoms with van der Waals surface area (Å²) in [6.45, 7) is 8.80. The van der Waals surface area contributed by atoms with E-state index in [1.807, 2.05) is 52.0 Å². The second-order valence-electron chi connectivity index (χ2n) is 7.91. The van der Waals surface area contributed by atoms with E-state index in [9.17, 15) is 14.7 Å². The molecule has 0 radical (unpaired) electrons. The molecule has 6 heteroatoms. The van der Waals surface area contributed by atoms with Crippen LogP contribution in [0.5, 0.6) is 0 Å².